The number of hydrogen-bond donors (Lipinski definition) is 1. The van der Waals surface area contributed by atoms with Crippen LogP contribution in [0.3, 0.4) is 0 Å². The second-order valence-corrected chi connectivity index (χ2v) is 8.08. The lowest BCUT2D eigenvalue weighted by Gasteiger charge is -2.37. The van der Waals surface area contributed by atoms with Crippen LogP contribution in [-0.2, 0) is 11.4 Å². The van der Waals surface area contributed by atoms with Crippen molar-refractivity contribution >= 4 is 5.71 Å². The van der Waals surface area contributed by atoms with Crippen LogP contribution in [0.4, 0.5) is 0 Å². The highest BCUT2D eigenvalue weighted by Crippen LogP contribution is 2.36. The van der Waals surface area contributed by atoms with Crippen molar-refractivity contribution in [3.8, 4) is 11.5 Å². The van der Waals surface area contributed by atoms with Crippen molar-refractivity contribution in [3.63, 3.8) is 0 Å². The number of hydrogen-bond acceptors (Lipinski definition) is 5. The van der Waals surface area contributed by atoms with E-state index in [2.05, 4.69) is 41.7 Å². The molecule has 1 N–H and O–H groups in total. The second kappa shape index (κ2) is 10.3. The summed E-state index contributed by atoms with van der Waals surface area (Å²) in [7, 11) is 3.37. The minimum Gasteiger partial charge on any atom is -0.497 e. The number of nitrogens with one attached hydrogen (secondary N) is 1. The molecule has 3 aromatic rings. The van der Waals surface area contributed by atoms with Crippen LogP contribution >= 0.6 is 0 Å². The monoisotopic (exact) mass is 430 g/mol. The van der Waals surface area contributed by atoms with Gasteiger partial charge in [0, 0.05) is 24.4 Å². The first-order chi connectivity index (χ1) is 15.7. The van der Waals surface area contributed by atoms with Gasteiger partial charge in [-0.25, -0.2) is 0 Å². The molecule has 1 fully saturated rings. The van der Waals surface area contributed by atoms with Gasteiger partial charge in [0.25, 0.3) is 0 Å². The van der Waals surface area contributed by atoms with Crippen molar-refractivity contribution in [1.82, 2.24) is 5.32 Å². The van der Waals surface area contributed by atoms with Crippen LogP contribution in [0, 0.1) is 5.92 Å². The topological polar surface area (TPSA) is 52.1 Å². The van der Waals surface area contributed by atoms with Crippen LogP contribution in [0.1, 0.15) is 42.1 Å². The summed E-state index contributed by atoms with van der Waals surface area (Å²) in [6.45, 7) is 2.67. The molecule has 4 rings (SSSR count). The Kier molecular flexibility index (Phi) is 7.07. The van der Waals surface area contributed by atoms with Crippen LogP contribution < -0.4 is 14.8 Å². The highest BCUT2D eigenvalue weighted by molar-refractivity contribution is 5.88. The highest BCUT2D eigenvalue weighted by atomic mass is 16.6. The fraction of sp³-hybridized carbons (Fsp3) is 0.296. The van der Waals surface area contributed by atoms with Crippen molar-refractivity contribution in [2.24, 2.45) is 11.1 Å². The Bertz CT molecular complexity index is 1020. The number of rotatable bonds is 7. The molecular formula is C27H30N2O3. The molecule has 1 saturated heterocycles. The molecule has 0 radical (unpaired) electrons. The zero-order chi connectivity index (χ0) is 22.3. The predicted molar refractivity (Wildman–Crippen MR) is 127 cm³/mol. The maximum atomic E-state index is 5.79. The smallest absolute Gasteiger partial charge is 0.142 e. The third-order valence-corrected chi connectivity index (χ3v) is 6.07. The van der Waals surface area contributed by atoms with Crippen LogP contribution in [0.25, 0.3) is 0 Å². The maximum absolute atomic E-state index is 5.79. The molecule has 0 bridgehead atoms. The number of oxime groups is 1. The highest BCUT2D eigenvalue weighted by Gasteiger charge is 2.34. The minimum absolute atomic E-state index is 0.112. The van der Waals surface area contributed by atoms with Gasteiger partial charge in [0.15, 0.2) is 0 Å². The van der Waals surface area contributed by atoms with Crippen molar-refractivity contribution in [2.75, 3.05) is 14.2 Å². The Morgan fingerprint density at radius 3 is 2.00 bits per heavy atom. The Morgan fingerprint density at radius 2 is 1.41 bits per heavy atom. The summed E-state index contributed by atoms with van der Waals surface area (Å²) < 4.78 is 10.7. The molecule has 3 atom stereocenters. The van der Waals surface area contributed by atoms with Crippen LogP contribution in [0.2, 0.25) is 0 Å². The standard InChI is InChI=1S/C27H30N2O3/c1-19-25(29-32-18-20-7-5-4-6-8-20)17-26(21-9-13-23(30-2)14-10-21)28-27(19)22-11-15-24(31-3)16-12-22/h4-16,19,26-28H,17-18H2,1-3H3/b29-25+. The summed E-state index contributed by atoms with van der Waals surface area (Å²) >= 11 is 0. The molecule has 32 heavy (non-hydrogen) atoms. The lowest BCUT2D eigenvalue weighted by molar-refractivity contribution is 0.126. The third kappa shape index (κ3) is 5.11. The minimum atomic E-state index is 0.112. The Balaban J connectivity index is 1.58. The van der Waals surface area contributed by atoms with E-state index < -0.39 is 0 Å². The number of ether oxygens (including phenoxy) is 2. The molecule has 0 spiro atoms. The lowest BCUT2D eigenvalue weighted by atomic mass is 9.81. The van der Waals surface area contributed by atoms with E-state index in [0.717, 1.165) is 29.2 Å². The summed E-state index contributed by atoms with van der Waals surface area (Å²) in [6.07, 6.45) is 0.787. The number of nitrogens with zero attached hydrogens (tertiary/aromatic N) is 1. The summed E-state index contributed by atoms with van der Waals surface area (Å²) in [5.41, 5.74) is 4.57. The van der Waals surface area contributed by atoms with Gasteiger partial charge in [-0.2, -0.15) is 0 Å². The van der Waals surface area contributed by atoms with Gasteiger partial charge in [-0.05, 0) is 41.0 Å². The molecule has 5 nitrogen and oxygen atoms in total. The molecule has 3 unspecified atom stereocenters. The Morgan fingerprint density at radius 1 is 0.812 bits per heavy atom. The van der Waals surface area contributed by atoms with E-state index in [-0.39, 0.29) is 18.0 Å². The van der Waals surface area contributed by atoms with E-state index in [0.29, 0.717) is 6.61 Å². The number of methoxy groups -OCH3 is 2. The molecule has 3 aromatic carbocycles. The van der Waals surface area contributed by atoms with Gasteiger partial charge in [-0.3, -0.25) is 0 Å². The van der Waals surface area contributed by atoms with Gasteiger partial charge >= 0.3 is 0 Å². The van der Waals surface area contributed by atoms with Crippen molar-refractivity contribution in [2.45, 2.75) is 32.0 Å². The molecule has 0 amide bonds. The molecular weight excluding hydrogens is 400 g/mol. The second-order valence-electron chi connectivity index (χ2n) is 8.08. The fourth-order valence-corrected chi connectivity index (χ4v) is 4.14. The van der Waals surface area contributed by atoms with E-state index in [4.69, 9.17) is 14.3 Å². The van der Waals surface area contributed by atoms with Crippen LogP contribution in [-0.4, -0.2) is 19.9 Å². The SMILES string of the molecule is COc1ccc(C2C/C(=N\OCc3ccccc3)C(C)C(c3ccc(OC)cc3)N2)cc1. The Hall–Kier alpha value is -3.31. The first-order valence-electron chi connectivity index (χ1n) is 10.9. The van der Waals surface area contributed by atoms with Gasteiger partial charge in [-0.15, -0.1) is 0 Å². The van der Waals surface area contributed by atoms with Gasteiger partial charge in [-0.1, -0.05) is 66.7 Å². The Labute approximate surface area is 190 Å². The fourth-order valence-electron chi connectivity index (χ4n) is 4.14. The van der Waals surface area contributed by atoms with Crippen molar-refractivity contribution in [3.05, 3.63) is 95.6 Å². The first-order valence-corrected chi connectivity index (χ1v) is 10.9. The molecule has 1 aliphatic heterocycles. The summed E-state index contributed by atoms with van der Waals surface area (Å²) in [6, 6.07) is 26.8. The van der Waals surface area contributed by atoms with Gasteiger partial charge in [0.05, 0.1) is 19.9 Å². The number of piperidine rings is 1. The summed E-state index contributed by atoms with van der Waals surface area (Å²) in [4.78, 5) is 5.79. The average Bonchev–Trinajstić information content (AvgIpc) is 2.86. The third-order valence-electron chi connectivity index (χ3n) is 6.07. The quantitative estimate of drug-likeness (QED) is 0.490. The van der Waals surface area contributed by atoms with Crippen LogP contribution in [0.15, 0.2) is 84.0 Å². The normalized spacial score (nSPS) is 21.8. The van der Waals surface area contributed by atoms with E-state index in [1.165, 1.54) is 11.1 Å². The van der Waals surface area contributed by atoms with Gasteiger partial charge < -0.3 is 19.6 Å². The number of benzene rings is 3. The maximum Gasteiger partial charge on any atom is 0.142 e. The molecule has 0 saturated carbocycles. The van der Waals surface area contributed by atoms with Crippen LogP contribution in [0.5, 0.6) is 11.5 Å². The largest absolute Gasteiger partial charge is 0.497 e. The van der Waals surface area contributed by atoms with E-state index in [1.54, 1.807) is 14.2 Å². The van der Waals surface area contributed by atoms with E-state index >= 15 is 0 Å². The molecule has 166 valence electrons. The molecule has 1 heterocycles. The van der Waals surface area contributed by atoms with Crippen molar-refractivity contribution < 1.29 is 14.3 Å². The summed E-state index contributed by atoms with van der Waals surface area (Å²) in [5, 5.41) is 8.44. The predicted octanol–water partition coefficient (Wildman–Crippen LogP) is 5.69. The summed E-state index contributed by atoms with van der Waals surface area (Å²) in [5.74, 6) is 1.89. The van der Waals surface area contributed by atoms with Gasteiger partial charge in [0.1, 0.15) is 18.1 Å². The molecule has 0 aliphatic carbocycles. The lowest BCUT2D eigenvalue weighted by Crippen LogP contribution is -2.41. The average molecular weight is 431 g/mol. The van der Waals surface area contributed by atoms with Gasteiger partial charge in [0.2, 0.25) is 0 Å². The molecule has 1 aliphatic rings. The first kappa shape index (κ1) is 21.9. The van der Waals surface area contributed by atoms with E-state index in [1.807, 2.05) is 54.6 Å². The van der Waals surface area contributed by atoms with Crippen molar-refractivity contribution in [1.29, 1.82) is 0 Å². The zero-order valence-corrected chi connectivity index (χ0v) is 18.8. The molecule has 5 heteroatoms. The van der Waals surface area contributed by atoms with E-state index in [9.17, 15) is 0 Å². The molecule has 0 aromatic heterocycles. The zero-order valence-electron chi connectivity index (χ0n) is 18.8.